The molecule has 0 atom stereocenters. The zero-order valence-corrected chi connectivity index (χ0v) is 7.23. The van der Waals surface area contributed by atoms with Crippen LogP contribution in [0.15, 0.2) is 24.0 Å². The van der Waals surface area contributed by atoms with Gasteiger partial charge in [-0.1, -0.05) is 6.08 Å². The lowest BCUT2D eigenvalue weighted by Crippen LogP contribution is -2.25. The largest absolute Gasteiger partial charge is 0.414 e. The highest BCUT2D eigenvalue weighted by Gasteiger charge is 2.55. The number of hydrogen-bond donors (Lipinski definition) is 0. The van der Waals surface area contributed by atoms with Gasteiger partial charge in [0.25, 0.3) is 0 Å². The van der Waals surface area contributed by atoms with Crippen LogP contribution in [0.4, 0.5) is 13.2 Å². The predicted molar refractivity (Wildman–Crippen MR) is 42.7 cm³/mol. The van der Waals surface area contributed by atoms with Gasteiger partial charge in [0.1, 0.15) is 0 Å². The Kier molecular flexibility index (Phi) is 1.54. The minimum absolute atomic E-state index is 0.398. The summed E-state index contributed by atoms with van der Waals surface area (Å²) in [5, 5.41) is 0. The van der Waals surface area contributed by atoms with Gasteiger partial charge in [-0.3, -0.25) is 0 Å². The van der Waals surface area contributed by atoms with Gasteiger partial charge in [0.05, 0.1) is 5.57 Å². The number of hydrogen-bond acceptors (Lipinski definition) is 1. The standard InChI is InChI=1S/C9H10F3N/c1-13-5-4-8(2-3-8)7(6-13)9(10,11)12/h4-6H,2-3H2,1H3. The third kappa shape index (κ3) is 1.34. The summed E-state index contributed by atoms with van der Waals surface area (Å²) in [5.41, 5.74) is -1.07. The van der Waals surface area contributed by atoms with E-state index < -0.39 is 17.2 Å². The van der Waals surface area contributed by atoms with Crippen molar-refractivity contribution in [3.05, 3.63) is 24.0 Å². The highest BCUT2D eigenvalue weighted by atomic mass is 19.4. The summed E-state index contributed by atoms with van der Waals surface area (Å²) in [6.45, 7) is 0. The maximum atomic E-state index is 12.5. The Bertz CT molecular complexity index is 284. The Morgan fingerprint density at radius 1 is 1.38 bits per heavy atom. The lowest BCUT2D eigenvalue weighted by atomic mass is 9.94. The third-order valence-corrected chi connectivity index (χ3v) is 2.59. The van der Waals surface area contributed by atoms with Crippen molar-refractivity contribution >= 4 is 0 Å². The quantitative estimate of drug-likeness (QED) is 0.566. The zero-order chi connectivity index (χ0) is 9.69. The van der Waals surface area contributed by atoms with Crippen LogP contribution in [0.1, 0.15) is 12.8 Å². The van der Waals surface area contributed by atoms with Gasteiger partial charge in [-0.15, -0.1) is 0 Å². The lowest BCUT2D eigenvalue weighted by Gasteiger charge is -2.25. The molecule has 2 aliphatic rings. The molecule has 1 spiro atoms. The van der Waals surface area contributed by atoms with E-state index in [0.29, 0.717) is 12.8 Å². The summed E-state index contributed by atoms with van der Waals surface area (Å²) in [6.07, 6.45) is 1.62. The Morgan fingerprint density at radius 2 is 2.00 bits per heavy atom. The SMILES string of the molecule is CN1C=CC2(CC2)C(C(F)(F)F)=C1. The minimum atomic E-state index is -4.18. The van der Waals surface area contributed by atoms with E-state index in [-0.39, 0.29) is 0 Å². The van der Waals surface area contributed by atoms with Crippen molar-refractivity contribution < 1.29 is 13.2 Å². The van der Waals surface area contributed by atoms with Crippen LogP contribution in [0.25, 0.3) is 0 Å². The molecule has 13 heavy (non-hydrogen) atoms. The second kappa shape index (κ2) is 2.30. The van der Waals surface area contributed by atoms with Gasteiger partial charge in [0, 0.05) is 24.9 Å². The van der Waals surface area contributed by atoms with Crippen LogP contribution in [0.3, 0.4) is 0 Å². The Balaban J connectivity index is 2.34. The Labute approximate surface area is 74.5 Å². The van der Waals surface area contributed by atoms with Crippen molar-refractivity contribution in [1.82, 2.24) is 4.90 Å². The van der Waals surface area contributed by atoms with Crippen molar-refractivity contribution in [2.75, 3.05) is 7.05 Å². The summed E-state index contributed by atoms with van der Waals surface area (Å²) < 4.78 is 37.6. The molecule has 0 saturated heterocycles. The van der Waals surface area contributed by atoms with E-state index in [2.05, 4.69) is 0 Å². The summed E-state index contributed by atoms with van der Waals surface area (Å²) in [7, 11) is 1.61. The molecule has 1 fully saturated rings. The molecule has 2 rings (SSSR count). The fourth-order valence-electron chi connectivity index (χ4n) is 1.65. The summed E-state index contributed by atoms with van der Waals surface area (Å²) >= 11 is 0. The maximum absolute atomic E-state index is 12.5. The van der Waals surface area contributed by atoms with Crippen molar-refractivity contribution in [3.63, 3.8) is 0 Å². The normalized spacial score (nSPS) is 24.9. The van der Waals surface area contributed by atoms with Gasteiger partial charge < -0.3 is 4.90 Å². The summed E-state index contributed by atoms with van der Waals surface area (Å²) in [4.78, 5) is 1.45. The number of halogens is 3. The van der Waals surface area contributed by atoms with Crippen molar-refractivity contribution in [1.29, 1.82) is 0 Å². The van der Waals surface area contributed by atoms with Crippen LogP contribution in [0.2, 0.25) is 0 Å². The molecule has 1 aliphatic carbocycles. The molecule has 1 nitrogen and oxygen atoms in total. The van der Waals surface area contributed by atoms with Crippen LogP contribution in [-0.4, -0.2) is 18.1 Å². The average Bonchev–Trinajstić information content (AvgIpc) is 2.74. The van der Waals surface area contributed by atoms with E-state index in [0.717, 1.165) is 0 Å². The maximum Gasteiger partial charge on any atom is 0.414 e. The molecule has 0 aromatic heterocycles. The number of alkyl halides is 3. The minimum Gasteiger partial charge on any atom is -0.357 e. The Hall–Kier alpha value is -0.930. The molecule has 0 N–H and O–H groups in total. The molecule has 0 radical (unpaired) electrons. The second-order valence-corrected chi connectivity index (χ2v) is 3.68. The Morgan fingerprint density at radius 3 is 2.46 bits per heavy atom. The first-order valence-electron chi connectivity index (χ1n) is 4.15. The van der Waals surface area contributed by atoms with Crippen molar-refractivity contribution in [2.45, 2.75) is 19.0 Å². The van der Waals surface area contributed by atoms with Crippen LogP contribution < -0.4 is 0 Å². The fraction of sp³-hybridized carbons (Fsp3) is 0.556. The van der Waals surface area contributed by atoms with Gasteiger partial charge in [-0.25, -0.2) is 0 Å². The molecular formula is C9H10F3N. The van der Waals surface area contributed by atoms with E-state index in [1.807, 2.05) is 0 Å². The van der Waals surface area contributed by atoms with Gasteiger partial charge in [0.15, 0.2) is 0 Å². The molecule has 1 heterocycles. The molecule has 72 valence electrons. The first-order chi connectivity index (χ1) is 5.94. The van der Waals surface area contributed by atoms with Crippen LogP contribution in [0.5, 0.6) is 0 Å². The predicted octanol–water partition coefficient (Wildman–Crippen LogP) is 2.67. The third-order valence-electron chi connectivity index (χ3n) is 2.59. The smallest absolute Gasteiger partial charge is 0.357 e. The molecular weight excluding hydrogens is 179 g/mol. The highest BCUT2D eigenvalue weighted by molar-refractivity contribution is 5.35. The number of allylic oxidation sites excluding steroid dienone is 2. The topological polar surface area (TPSA) is 3.24 Å². The molecule has 0 bridgehead atoms. The average molecular weight is 189 g/mol. The number of nitrogens with zero attached hydrogens (tertiary/aromatic N) is 1. The molecule has 4 heteroatoms. The van der Waals surface area contributed by atoms with Crippen LogP contribution >= 0.6 is 0 Å². The molecule has 1 saturated carbocycles. The van der Waals surface area contributed by atoms with Gasteiger partial charge in [-0.05, 0) is 12.8 Å². The molecule has 0 aromatic rings. The van der Waals surface area contributed by atoms with E-state index in [1.54, 1.807) is 19.3 Å². The van der Waals surface area contributed by atoms with Gasteiger partial charge in [-0.2, -0.15) is 13.2 Å². The highest BCUT2D eigenvalue weighted by Crippen LogP contribution is 2.58. The zero-order valence-electron chi connectivity index (χ0n) is 7.23. The molecule has 0 aromatic carbocycles. The molecule has 0 unspecified atom stereocenters. The summed E-state index contributed by atoms with van der Waals surface area (Å²) in [5.74, 6) is 0. The van der Waals surface area contributed by atoms with Crippen molar-refractivity contribution in [2.24, 2.45) is 5.41 Å². The summed E-state index contributed by atoms with van der Waals surface area (Å²) in [6, 6.07) is 0. The fourth-order valence-corrected chi connectivity index (χ4v) is 1.65. The van der Waals surface area contributed by atoms with Gasteiger partial charge >= 0.3 is 6.18 Å². The van der Waals surface area contributed by atoms with Gasteiger partial charge in [0.2, 0.25) is 0 Å². The van der Waals surface area contributed by atoms with Crippen LogP contribution in [0, 0.1) is 5.41 Å². The first-order valence-corrected chi connectivity index (χ1v) is 4.15. The first kappa shape index (κ1) is 8.66. The van der Waals surface area contributed by atoms with Crippen LogP contribution in [-0.2, 0) is 0 Å². The van der Waals surface area contributed by atoms with E-state index in [9.17, 15) is 13.2 Å². The second-order valence-electron chi connectivity index (χ2n) is 3.68. The monoisotopic (exact) mass is 189 g/mol. The molecule has 0 amide bonds. The molecule has 1 aliphatic heterocycles. The van der Waals surface area contributed by atoms with Crippen molar-refractivity contribution in [3.8, 4) is 0 Å². The van der Waals surface area contributed by atoms with E-state index in [4.69, 9.17) is 0 Å². The van der Waals surface area contributed by atoms with E-state index in [1.165, 1.54) is 11.1 Å². The number of rotatable bonds is 0. The lowest BCUT2D eigenvalue weighted by molar-refractivity contribution is -0.1000. The van der Waals surface area contributed by atoms with E-state index >= 15 is 0 Å².